The monoisotopic (exact) mass is 254 g/mol. The summed E-state index contributed by atoms with van der Waals surface area (Å²) in [5.74, 6) is 0.877. The van der Waals surface area contributed by atoms with Gasteiger partial charge in [0.2, 0.25) is 0 Å². The van der Waals surface area contributed by atoms with Gasteiger partial charge in [-0.3, -0.25) is 0 Å². The molecule has 0 saturated carbocycles. The molecule has 0 atom stereocenters. The SMILES string of the molecule is Cc1nn(-c2nccc3ccc(O)cc23)c(C)c1N. The summed E-state index contributed by atoms with van der Waals surface area (Å²) in [5, 5.41) is 15.9. The van der Waals surface area contributed by atoms with Crippen LogP contribution in [-0.2, 0) is 0 Å². The number of aryl methyl sites for hydroxylation is 1. The molecule has 0 unspecified atom stereocenters. The number of benzene rings is 1. The lowest BCUT2D eigenvalue weighted by Gasteiger charge is -2.07. The number of anilines is 1. The first-order valence-electron chi connectivity index (χ1n) is 5.97. The summed E-state index contributed by atoms with van der Waals surface area (Å²) in [6, 6.07) is 7.09. The molecule has 0 amide bonds. The van der Waals surface area contributed by atoms with Crippen molar-refractivity contribution in [2.45, 2.75) is 13.8 Å². The maximum atomic E-state index is 9.65. The van der Waals surface area contributed by atoms with Crippen LogP contribution in [0.4, 0.5) is 5.69 Å². The number of phenols is 1. The molecule has 3 N–H and O–H groups in total. The van der Waals surface area contributed by atoms with E-state index in [0.717, 1.165) is 22.2 Å². The molecule has 2 heterocycles. The second-order valence-corrected chi connectivity index (χ2v) is 4.54. The van der Waals surface area contributed by atoms with Crippen molar-refractivity contribution in [3.63, 3.8) is 0 Å². The zero-order valence-electron chi connectivity index (χ0n) is 10.8. The van der Waals surface area contributed by atoms with Gasteiger partial charge >= 0.3 is 0 Å². The molecule has 0 aliphatic rings. The second kappa shape index (κ2) is 3.98. The van der Waals surface area contributed by atoms with E-state index in [2.05, 4.69) is 10.1 Å². The molecule has 0 aliphatic heterocycles. The molecular weight excluding hydrogens is 240 g/mol. The average molecular weight is 254 g/mol. The van der Waals surface area contributed by atoms with Crippen LogP contribution >= 0.6 is 0 Å². The highest BCUT2D eigenvalue weighted by atomic mass is 16.3. The fourth-order valence-electron chi connectivity index (χ4n) is 2.17. The molecule has 0 aliphatic carbocycles. The van der Waals surface area contributed by atoms with Crippen LogP contribution in [0.2, 0.25) is 0 Å². The molecule has 96 valence electrons. The van der Waals surface area contributed by atoms with Crippen LogP contribution in [0.1, 0.15) is 11.4 Å². The van der Waals surface area contributed by atoms with Gasteiger partial charge in [0, 0.05) is 11.6 Å². The van der Waals surface area contributed by atoms with Gasteiger partial charge in [-0.25, -0.2) is 9.67 Å². The number of aromatic hydroxyl groups is 1. The third kappa shape index (κ3) is 1.71. The molecule has 0 radical (unpaired) electrons. The number of fused-ring (bicyclic) bond motifs is 1. The Kier molecular flexibility index (Phi) is 2.41. The standard InChI is InChI=1S/C14H14N4O/c1-8-13(15)9(2)18(17-8)14-12-7-11(19)4-3-10(12)5-6-16-14/h3-7,19H,15H2,1-2H3. The molecule has 0 fully saturated rings. The van der Waals surface area contributed by atoms with Crippen molar-refractivity contribution in [2.24, 2.45) is 0 Å². The highest BCUT2D eigenvalue weighted by Crippen LogP contribution is 2.26. The van der Waals surface area contributed by atoms with Crippen LogP contribution in [0.15, 0.2) is 30.5 Å². The summed E-state index contributed by atoms with van der Waals surface area (Å²) in [7, 11) is 0. The van der Waals surface area contributed by atoms with E-state index in [1.54, 1.807) is 23.0 Å². The molecule has 5 nitrogen and oxygen atoms in total. The van der Waals surface area contributed by atoms with Crippen LogP contribution in [-0.4, -0.2) is 19.9 Å². The molecule has 3 rings (SSSR count). The Hall–Kier alpha value is -2.56. The number of hydrogen-bond donors (Lipinski definition) is 2. The Bertz CT molecular complexity index is 776. The van der Waals surface area contributed by atoms with Gasteiger partial charge < -0.3 is 10.8 Å². The summed E-state index contributed by atoms with van der Waals surface area (Å²) in [6.45, 7) is 3.76. The largest absolute Gasteiger partial charge is 0.508 e. The summed E-state index contributed by atoms with van der Waals surface area (Å²) in [5.41, 5.74) is 8.24. The number of pyridine rings is 1. The van der Waals surface area contributed by atoms with Crippen molar-refractivity contribution in [2.75, 3.05) is 5.73 Å². The zero-order valence-corrected chi connectivity index (χ0v) is 10.8. The predicted octanol–water partition coefficient (Wildman–Crippen LogP) is 2.33. The van der Waals surface area contributed by atoms with Crippen LogP contribution in [0.5, 0.6) is 5.75 Å². The molecular formula is C14H14N4O. The van der Waals surface area contributed by atoms with E-state index in [1.165, 1.54) is 0 Å². The molecule has 1 aromatic carbocycles. The van der Waals surface area contributed by atoms with Crippen molar-refractivity contribution in [3.8, 4) is 11.6 Å². The van der Waals surface area contributed by atoms with Crippen molar-refractivity contribution in [1.82, 2.24) is 14.8 Å². The number of nitrogens with zero attached hydrogens (tertiary/aromatic N) is 3. The maximum Gasteiger partial charge on any atom is 0.161 e. The lowest BCUT2D eigenvalue weighted by molar-refractivity contribution is 0.476. The molecule has 0 spiro atoms. The quantitative estimate of drug-likeness (QED) is 0.698. The van der Waals surface area contributed by atoms with E-state index in [-0.39, 0.29) is 5.75 Å². The number of nitrogens with two attached hydrogens (primary N) is 1. The van der Waals surface area contributed by atoms with Gasteiger partial charge in [-0.15, -0.1) is 0 Å². The first kappa shape index (κ1) is 11.5. The second-order valence-electron chi connectivity index (χ2n) is 4.54. The Morgan fingerprint density at radius 3 is 2.68 bits per heavy atom. The lowest BCUT2D eigenvalue weighted by atomic mass is 10.1. The van der Waals surface area contributed by atoms with Gasteiger partial charge in [0.05, 0.1) is 17.1 Å². The number of nitrogen functional groups attached to an aromatic ring is 1. The first-order chi connectivity index (χ1) is 9.08. The van der Waals surface area contributed by atoms with E-state index >= 15 is 0 Å². The highest BCUT2D eigenvalue weighted by molar-refractivity contribution is 5.89. The Morgan fingerprint density at radius 1 is 1.21 bits per heavy atom. The van der Waals surface area contributed by atoms with Crippen molar-refractivity contribution >= 4 is 16.5 Å². The topological polar surface area (TPSA) is 77.0 Å². The van der Waals surface area contributed by atoms with E-state index in [1.807, 2.05) is 26.0 Å². The number of hydrogen-bond acceptors (Lipinski definition) is 4. The summed E-state index contributed by atoms with van der Waals surface area (Å²) >= 11 is 0. The normalized spacial score (nSPS) is 11.1. The number of rotatable bonds is 1. The third-order valence-corrected chi connectivity index (χ3v) is 3.28. The Labute approximate surface area is 110 Å². The highest BCUT2D eigenvalue weighted by Gasteiger charge is 2.13. The minimum Gasteiger partial charge on any atom is -0.508 e. The molecule has 5 heteroatoms. The van der Waals surface area contributed by atoms with Gasteiger partial charge in [-0.05, 0) is 37.4 Å². The summed E-state index contributed by atoms with van der Waals surface area (Å²) < 4.78 is 1.71. The van der Waals surface area contributed by atoms with Crippen LogP contribution in [0.25, 0.3) is 16.6 Å². The van der Waals surface area contributed by atoms with E-state index in [4.69, 9.17) is 5.73 Å². The molecule has 19 heavy (non-hydrogen) atoms. The van der Waals surface area contributed by atoms with Gasteiger partial charge in [0.1, 0.15) is 5.75 Å². The van der Waals surface area contributed by atoms with Gasteiger partial charge in [0.25, 0.3) is 0 Å². The van der Waals surface area contributed by atoms with E-state index < -0.39 is 0 Å². The number of phenolic OH excluding ortho intramolecular Hbond substituents is 1. The average Bonchev–Trinajstić information content (AvgIpc) is 2.66. The third-order valence-electron chi connectivity index (χ3n) is 3.28. The fraction of sp³-hybridized carbons (Fsp3) is 0.143. The van der Waals surface area contributed by atoms with Crippen LogP contribution in [0.3, 0.4) is 0 Å². The maximum absolute atomic E-state index is 9.65. The molecule has 0 bridgehead atoms. The minimum absolute atomic E-state index is 0.205. The summed E-state index contributed by atoms with van der Waals surface area (Å²) in [6.07, 6.45) is 1.72. The zero-order chi connectivity index (χ0) is 13.6. The first-order valence-corrected chi connectivity index (χ1v) is 5.97. The van der Waals surface area contributed by atoms with Crippen molar-refractivity contribution < 1.29 is 5.11 Å². The van der Waals surface area contributed by atoms with E-state index in [9.17, 15) is 5.11 Å². The summed E-state index contributed by atoms with van der Waals surface area (Å²) in [4.78, 5) is 4.37. The van der Waals surface area contributed by atoms with Crippen molar-refractivity contribution in [1.29, 1.82) is 0 Å². The van der Waals surface area contributed by atoms with Crippen molar-refractivity contribution in [3.05, 3.63) is 41.9 Å². The van der Waals surface area contributed by atoms with Crippen LogP contribution in [0, 0.1) is 13.8 Å². The van der Waals surface area contributed by atoms with Gasteiger partial charge in [-0.1, -0.05) is 6.07 Å². The van der Waals surface area contributed by atoms with Gasteiger partial charge in [0.15, 0.2) is 5.82 Å². The van der Waals surface area contributed by atoms with E-state index in [0.29, 0.717) is 11.5 Å². The predicted molar refractivity (Wildman–Crippen MR) is 74.4 cm³/mol. The smallest absolute Gasteiger partial charge is 0.161 e. The van der Waals surface area contributed by atoms with Crippen LogP contribution < -0.4 is 5.73 Å². The lowest BCUT2D eigenvalue weighted by Crippen LogP contribution is -2.03. The number of aromatic nitrogens is 3. The fourth-order valence-corrected chi connectivity index (χ4v) is 2.17. The Balaban J connectivity index is 2.36. The minimum atomic E-state index is 0.205. The van der Waals surface area contributed by atoms with Gasteiger partial charge in [-0.2, -0.15) is 5.10 Å². The Morgan fingerprint density at radius 2 is 2.00 bits per heavy atom. The molecule has 0 saturated heterocycles. The molecule has 2 aromatic heterocycles. The molecule has 3 aromatic rings.